The summed E-state index contributed by atoms with van der Waals surface area (Å²) in [6.07, 6.45) is 0.660. The first-order chi connectivity index (χ1) is 28.6. The Morgan fingerprint density at radius 3 is 2.29 bits per heavy atom. The lowest BCUT2D eigenvalue weighted by Crippen LogP contribution is -2.52. The summed E-state index contributed by atoms with van der Waals surface area (Å²) in [7, 11) is 0. The fraction of sp³-hybridized carbons (Fsp3) is 0.208. The van der Waals surface area contributed by atoms with Crippen molar-refractivity contribution in [3.8, 4) is 34.4 Å². The third-order valence-electron chi connectivity index (χ3n) is 10.8. The van der Waals surface area contributed by atoms with Crippen LogP contribution in [0.4, 0.5) is 4.39 Å². The molecule has 11 heteroatoms. The zero-order valence-corrected chi connectivity index (χ0v) is 34.3. The smallest absolute Gasteiger partial charge is 0.237 e. The number of fused-ring (bicyclic) bond motifs is 2. The summed E-state index contributed by atoms with van der Waals surface area (Å²) in [6, 6.07) is 38.7. The van der Waals surface area contributed by atoms with Gasteiger partial charge in [0.05, 0.1) is 27.7 Å². The molecule has 3 unspecified atom stereocenters. The Balaban J connectivity index is 0.955. The highest BCUT2D eigenvalue weighted by Gasteiger charge is 2.35. The number of nitrogens with zero attached hydrogens (tertiary/aromatic N) is 2. The minimum atomic E-state index is -0.591. The highest BCUT2D eigenvalue weighted by atomic mass is 35.5. The van der Waals surface area contributed by atoms with Crippen molar-refractivity contribution in [2.24, 2.45) is 0 Å². The molecule has 7 nitrogen and oxygen atoms in total. The molecule has 6 aromatic rings. The summed E-state index contributed by atoms with van der Waals surface area (Å²) in [5.74, 6) is 1.35. The van der Waals surface area contributed by atoms with Gasteiger partial charge in [-0.2, -0.15) is 5.26 Å². The van der Waals surface area contributed by atoms with E-state index in [1.807, 2.05) is 78.6 Å². The Morgan fingerprint density at radius 1 is 0.864 bits per heavy atom. The lowest BCUT2D eigenvalue weighted by Gasteiger charge is -2.38. The van der Waals surface area contributed by atoms with Crippen molar-refractivity contribution in [3.05, 3.63) is 181 Å². The van der Waals surface area contributed by atoms with Crippen molar-refractivity contribution in [1.29, 1.82) is 5.26 Å². The van der Waals surface area contributed by atoms with Crippen molar-refractivity contribution in [2.75, 3.05) is 6.61 Å². The van der Waals surface area contributed by atoms with Crippen molar-refractivity contribution < 1.29 is 23.4 Å². The van der Waals surface area contributed by atoms with E-state index in [4.69, 9.17) is 54.3 Å². The number of halogens is 4. The molecule has 0 aliphatic carbocycles. The minimum absolute atomic E-state index is 0.144. The van der Waals surface area contributed by atoms with Crippen LogP contribution in [0.2, 0.25) is 15.1 Å². The highest BCUT2D eigenvalue weighted by molar-refractivity contribution is 6.42. The lowest BCUT2D eigenvalue weighted by molar-refractivity contribution is -0.128. The van der Waals surface area contributed by atoms with E-state index in [1.165, 1.54) is 6.07 Å². The number of rotatable bonds is 11. The predicted molar refractivity (Wildman–Crippen MR) is 229 cm³/mol. The van der Waals surface area contributed by atoms with Gasteiger partial charge in [-0.15, -0.1) is 0 Å². The summed E-state index contributed by atoms with van der Waals surface area (Å²) in [6.45, 7) is 3.15. The normalized spacial score (nSPS) is 16.4. The molecule has 1 amide bonds. The molecule has 2 aliphatic rings. The van der Waals surface area contributed by atoms with E-state index >= 15 is 4.39 Å². The molecule has 0 fully saturated rings. The quantitative estimate of drug-likeness (QED) is 0.140. The average molecular weight is 847 g/mol. The van der Waals surface area contributed by atoms with Crippen LogP contribution in [0.5, 0.6) is 17.2 Å². The van der Waals surface area contributed by atoms with Crippen LogP contribution in [0, 0.1) is 17.1 Å². The number of amides is 1. The van der Waals surface area contributed by atoms with Gasteiger partial charge < -0.3 is 19.5 Å². The first kappa shape index (κ1) is 40.2. The van der Waals surface area contributed by atoms with Crippen LogP contribution >= 0.6 is 34.8 Å². The van der Waals surface area contributed by atoms with Crippen LogP contribution in [0.25, 0.3) is 11.1 Å². The van der Waals surface area contributed by atoms with Crippen molar-refractivity contribution in [2.45, 2.75) is 57.6 Å². The SMILES string of the molecule is CC(Cc1ccc(-c2ccc(C#N)cc2)cc1)NC(=O)C1Cc2cc3c(cc2CN1Cc1c(F)cccc1Cl)OC(c1ccc(OCc2ccc(Cl)c(Cl)c2)cc1)CO3. The first-order valence-corrected chi connectivity index (χ1v) is 20.4. The molecule has 0 aromatic heterocycles. The minimum Gasteiger partial charge on any atom is -0.489 e. The van der Waals surface area contributed by atoms with Gasteiger partial charge in [-0.25, -0.2) is 4.39 Å². The second kappa shape index (κ2) is 17.7. The van der Waals surface area contributed by atoms with Gasteiger partial charge in [-0.3, -0.25) is 9.69 Å². The van der Waals surface area contributed by atoms with Crippen molar-refractivity contribution >= 4 is 40.7 Å². The monoisotopic (exact) mass is 845 g/mol. The molecule has 1 N–H and O–H groups in total. The van der Waals surface area contributed by atoms with Crippen molar-refractivity contribution in [1.82, 2.24) is 10.2 Å². The van der Waals surface area contributed by atoms with Gasteiger partial charge in [0.15, 0.2) is 17.6 Å². The molecule has 0 spiro atoms. The van der Waals surface area contributed by atoms with E-state index in [2.05, 4.69) is 23.5 Å². The maximum absolute atomic E-state index is 15.2. The molecule has 0 saturated heterocycles. The van der Waals surface area contributed by atoms with Crippen LogP contribution in [-0.2, 0) is 37.3 Å². The number of benzene rings is 6. The molecule has 298 valence electrons. The molecule has 8 rings (SSSR count). The third-order valence-corrected chi connectivity index (χ3v) is 11.8. The van der Waals surface area contributed by atoms with Gasteiger partial charge in [0.2, 0.25) is 5.91 Å². The van der Waals surface area contributed by atoms with Crippen LogP contribution in [-0.4, -0.2) is 29.5 Å². The number of ether oxygens (including phenoxy) is 3. The standard InChI is InChI=1S/C48H39Cl3FN3O4/c1-29(19-30-5-10-33(11-6-30)34-12-7-31(24-53)8-13-34)54-48(56)44-21-36-22-45-46(23-37(36)25-55(44)26-39-40(49)3-2-4-43(39)52)59-47(28-58-45)35-14-16-38(17-15-35)57-27-32-9-18-41(50)42(51)20-32/h2-18,20,22-23,29,44,47H,19,21,25-28H2,1H3,(H,54,56). The number of hydrogen-bond acceptors (Lipinski definition) is 6. The summed E-state index contributed by atoms with van der Waals surface area (Å²) in [5, 5.41) is 13.6. The number of hydrogen-bond donors (Lipinski definition) is 1. The Hall–Kier alpha value is -5.56. The van der Waals surface area contributed by atoms with E-state index < -0.39 is 11.9 Å². The van der Waals surface area contributed by atoms with E-state index in [1.54, 1.807) is 36.4 Å². The summed E-state index contributed by atoms with van der Waals surface area (Å²) >= 11 is 18.7. The Morgan fingerprint density at radius 2 is 1.58 bits per heavy atom. The maximum atomic E-state index is 15.2. The number of carbonyl (C=O) groups is 1. The van der Waals surface area contributed by atoms with Gasteiger partial charge in [0.25, 0.3) is 0 Å². The fourth-order valence-electron chi connectivity index (χ4n) is 7.57. The molecular formula is C48H39Cl3FN3O4. The molecule has 6 aromatic carbocycles. The van der Waals surface area contributed by atoms with Gasteiger partial charge in [0.1, 0.15) is 24.8 Å². The number of nitrogens with one attached hydrogen (secondary N) is 1. The zero-order chi connectivity index (χ0) is 41.0. The maximum Gasteiger partial charge on any atom is 0.237 e. The predicted octanol–water partition coefficient (Wildman–Crippen LogP) is 11.1. The Bertz CT molecular complexity index is 2510. The third kappa shape index (κ3) is 9.35. The van der Waals surface area contributed by atoms with E-state index in [9.17, 15) is 4.79 Å². The topological polar surface area (TPSA) is 83.8 Å². The van der Waals surface area contributed by atoms with Crippen LogP contribution in [0.3, 0.4) is 0 Å². The molecule has 59 heavy (non-hydrogen) atoms. The molecule has 2 aliphatic heterocycles. The van der Waals surface area contributed by atoms with Crippen molar-refractivity contribution in [3.63, 3.8) is 0 Å². The second-order valence-corrected chi connectivity index (χ2v) is 16.1. The van der Waals surface area contributed by atoms with Crippen LogP contribution < -0.4 is 19.5 Å². The summed E-state index contributed by atoms with van der Waals surface area (Å²) in [4.78, 5) is 16.1. The lowest BCUT2D eigenvalue weighted by atomic mass is 9.91. The molecule has 0 saturated carbocycles. The van der Waals surface area contributed by atoms with Gasteiger partial charge in [-0.1, -0.05) is 95.5 Å². The first-order valence-electron chi connectivity index (χ1n) is 19.3. The number of carbonyl (C=O) groups excluding carboxylic acids is 1. The van der Waals surface area contributed by atoms with Gasteiger partial charge in [-0.05, 0) is 119 Å². The number of nitriles is 1. The average Bonchev–Trinajstić information content (AvgIpc) is 3.24. The molecule has 3 atom stereocenters. The van der Waals surface area contributed by atoms with E-state index in [-0.39, 0.29) is 24.6 Å². The molecule has 0 radical (unpaired) electrons. The molecular weight excluding hydrogens is 808 g/mol. The largest absolute Gasteiger partial charge is 0.489 e. The Labute approximate surface area is 357 Å². The summed E-state index contributed by atoms with van der Waals surface area (Å²) in [5.41, 5.74) is 7.87. The summed E-state index contributed by atoms with van der Waals surface area (Å²) < 4.78 is 33.9. The van der Waals surface area contributed by atoms with Gasteiger partial charge in [0, 0.05) is 29.7 Å². The van der Waals surface area contributed by atoms with Gasteiger partial charge >= 0.3 is 0 Å². The van der Waals surface area contributed by atoms with E-state index in [0.29, 0.717) is 76.0 Å². The fourth-order valence-corrected chi connectivity index (χ4v) is 8.11. The molecule has 0 bridgehead atoms. The van der Waals surface area contributed by atoms with Crippen LogP contribution in [0.15, 0.2) is 121 Å². The molecule has 2 heterocycles. The second-order valence-electron chi connectivity index (χ2n) is 14.9. The Kier molecular flexibility index (Phi) is 12.1. The van der Waals surface area contributed by atoms with E-state index in [0.717, 1.165) is 38.9 Å². The zero-order valence-electron chi connectivity index (χ0n) is 32.1. The van der Waals surface area contributed by atoms with Crippen LogP contribution in [0.1, 0.15) is 52.0 Å². The highest BCUT2D eigenvalue weighted by Crippen LogP contribution is 2.41.